The van der Waals surface area contributed by atoms with E-state index in [2.05, 4.69) is 15.5 Å². The van der Waals surface area contributed by atoms with E-state index in [1.807, 2.05) is 48.5 Å². The van der Waals surface area contributed by atoms with Crippen LogP contribution in [0.4, 0.5) is 5.69 Å². The van der Waals surface area contributed by atoms with Crippen molar-refractivity contribution in [2.45, 2.75) is 13.5 Å². The fraction of sp³-hybridized carbons (Fsp3) is 0.0769. The van der Waals surface area contributed by atoms with Crippen LogP contribution in [0.2, 0.25) is 10.0 Å². The predicted molar refractivity (Wildman–Crippen MR) is 138 cm³/mol. The van der Waals surface area contributed by atoms with Crippen molar-refractivity contribution in [1.29, 1.82) is 0 Å². The van der Waals surface area contributed by atoms with Gasteiger partial charge < -0.3 is 5.32 Å². The van der Waals surface area contributed by atoms with Crippen molar-refractivity contribution >= 4 is 40.4 Å². The Kier molecular flexibility index (Phi) is 6.11. The number of carbonyl (C=O) groups excluding carboxylic acids is 1. The average molecular weight is 504 g/mol. The van der Waals surface area contributed by atoms with E-state index in [1.54, 1.807) is 30.5 Å². The molecule has 0 radical (unpaired) electrons. The molecule has 0 unspecified atom stereocenters. The van der Waals surface area contributed by atoms with Crippen LogP contribution < -0.4 is 11.0 Å². The van der Waals surface area contributed by atoms with Crippen LogP contribution in [0.15, 0.2) is 83.8 Å². The zero-order valence-corrected chi connectivity index (χ0v) is 20.1. The van der Waals surface area contributed by atoms with Gasteiger partial charge in [0.25, 0.3) is 0 Å². The molecule has 0 atom stereocenters. The number of nitrogens with one attached hydrogen (secondary N) is 1. The molecule has 5 aromatic rings. The molecule has 3 aromatic carbocycles. The summed E-state index contributed by atoms with van der Waals surface area (Å²) in [5.74, 6) is -0.147. The van der Waals surface area contributed by atoms with Crippen molar-refractivity contribution in [2.75, 3.05) is 5.32 Å². The van der Waals surface area contributed by atoms with Gasteiger partial charge in [-0.1, -0.05) is 59.6 Å². The second-order valence-corrected chi connectivity index (χ2v) is 8.87. The van der Waals surface area contributed by atoms with Gasteiger partial charge in [0.1, 0.15) is 0 Å². The van der Waals surface area contributed by atoms with Crippen molar-refractivity contribution in [3.8, 4) is 22.3 Å². The van der Waals surface area contributed by atoms with Gasteiger partial charge >= 0.3 is 5.69 Å². The second-order valence-electron chi connectivity index (χ2n) is 8.00. The number of anilines is 1. The molecular weight excluding hydrogens is 485 g/mol. The van der Waals surface area contributed by atoms with Crippen molar-refractivity contribution in [1.82, 2.24) is 19.4 Å². The first-order valence-corrected chi connectivity index (χ1v) is 11.5. The lowest BCUT2D eigenvalue weighted by molar-refractivity contribution is -0.114. The van der Waals surface area contributed by atoms with E-state index in [0.717, 1.165) is 27.8 Å². The number of nitrogens with zero attached hydrogens (tertiary/aromatic N) is 4. The van der Waals surface area contributed by atoms with Crippen molar-refractivity contribution in [3.63, 3.8) is 0 Å². The van der Waals surface area contributed by atoms with Crippen LogP contribution in [0.5, 0.6) is 0 Å². The van der Waals surface area contributed by atoms with E-state index >= 15 is 0 Å². The van der Waals surface area contributed by atoms with Crippen molar-refractivity contribution < 1.29 is 4.79 Å². The highest BCUT2D eigenvalue weighted by Gasteiger charge is 2.19. The molecule has 0 aliphatic rings. The van der Waals surface area contributed by atoms with Gasteiger partial charge in [-0.2, -0.15) is 9.61 Å². The SMILES string of the molecule is CC(=O)Nc1ccc(Cn2nc3c(-c4ccc(Cl)cc4)c(-c4ccc(Cl)cc4)cnn3c2=O)cc1. The van der Waals surface area contributed by atoms with Gasteiger partial charge in [-0.15, -0.1) is 5.10 Å². The molecule has 0 saturated carbocycles. The van der Waals surface area contributed by atoms with Gasteiger partial charge in [-0.25, -0.2) is 9.48 Å². The number of hydrogen-bond donors (Lipinski definition) is 1. The van der Waals surface area contributed by atoms with Crippen LogP contribution in [0, 0.1) is 0 Å². The van der Waals surface area contributed by atoms with E-state index in [-0.39, 0.29) is 18.1 Å². The number of halogens is 2. The lowest BCUT2D eigenvalue weighted by Gasteiger charge is -2.11. The Morgan fingerprint density at radius 3 is 2.09 bits per heavy atom. The Hall–Kier alpha value is -3.94. The third kappa shape index (κ3) is 4.69. The fourth-order valence-corrected chi connectivity index (χ4v) is 4.13. The Bertz CT molecular complexity index is 1590. The lowest BCUT2D eigenvalue weighted by atomic mass is 9.97. The third-order valence-corrected chi connectivity index (χ3v) is 6.01. The minimum absolute atomic E-state index is 0.147. The molecule has 0 bridgehead atoms. The number of benzene rings is 3. The molecule has 0 aliphatic carbocycles. The Balaban J connectivity index is 1.63. The summed E-state index contributed by atoms with van der Waals surface area (Å²) in [6.45, 7) is 1.70. The molecular formula is C26H19Cl2N5O2. The lowest BCUT2D eigenvalue weighted by Crippen LogP contribution is -2.23. The molecule has 7 nitrogen and oxygen atoms in total. The Morgan fingerprint density at radius 2 is 1.49 bits per heavy atom. The summed E-state index contributed by atoms with van der Waals surface area (Å²) in [7, 11) is 0. The van der Waals surface area contributed by atoms with Gasteiger partial charge in [0.05, 0.1) is 12.7 Å². The molecule has 2 aromatic heterocycles. The number of fused-ring (bicyclic) bond motifs is 1. The number of carbonyl (C=O) groups is 1. The maximum absolute atomic E-state index is 13.2. The second kappa shape index (κ2) is 9.37. The van der Waals surface area contributed by atoms with Gasteiger partial charge in [-0.3, -0.25) is 4.79 Å². The van der Waals surface area contributed by atoms with Crippen LogP contribution in [0.3, 0.4) is 0 Å². The standard InChI is InChI=1S/C26H19Cl2N5O2/c1-16(34)30-22-12-2-17(3-13-22)15-32-26(35)33-25(31-32)24(19-6-10-21(28)11-7-19)23(14-29-33)18-4-8-20(27)9-5-18/h2-14H,15H2,1H3,(H,30,34). The quantitative estimate of drug-likeness (QED) is 0.341. The molecule has 0 saturated heterocycles. The van der Waals surface area contributed by atoms with E-state index in [1.165, 1.54) is 16.1 Å². The van der Waals surface area contributed by atoms with E-state index in [9.17, 15) is 9.59 Å². The molecule has 0 fully saturated rings. The highest BCUT2D eigenvalue weighted by Crippen LogP contribution is 2.35. The fourth-order valence-electron chi connectivity index (χ4n) is 3.88. The van der Waals surface area contributed by atoms with Crippen LogP contribution in [0.25, 0.3) is 27.9 Å². The summed E-state index contributed by atoms with van der Waals surface area (Å²) >= 11 is 12.2. The first kappa shape index (κ1) is 22.8. The van der Waals surface area contributed by atoms with Crippen molar-refractivity contribution in [2.24, 2.45) is 0 Å². The normalized spacial score (nSPS) is 11.1. The summed E-state index contributed by atoms with van der Waals surface area (Å²) < 4.78 is 2.68. The zero-order valence-electron chi connectivity index (χ0n) is 18.6. The maximum atomic E-state index is 13.2. The summed E-state index contributed by atoms with van der Waals surface area (Å²) in [5, 5.41) is 13.0. The van der Waals surface area contributed by atoms with Crippen molar-refractivity contribution in [3.05, 3.63) is 105 Å². The first-order valence-electron chi connectivity index (χ1n) is 10.8. The van der Waals surface area contributed by atoms with Gasteiger partial charge in [-0.05, 0) is 53.1 Å². The number of rotatable bonds is 5. The molecule has 0 spiro atoms. The number of hydrogen-bond acceptors (Lipinski definition) is 4. The number of amides is 1. The largest absolute Gasteiger partial charge is 0.367 e. The van der Waals surface area contributed by atoms with Crippen LogP contribution in [0.1, 0.15) is 12.5 Å². The van der Waals surface area contributed by atoms with E-state index in [4.69, 9.17) is 23.2 Å². The minimum atomic E-state index is -0.358. The Morgan fingerprint density at radius 1 is 0.886 bits per heavy atom. The monoisotopic (exact) mass is 503 g/mol. The van der Waals surface area contributed by atoms with Crippen LogP contribution in [-0.2, 0) is 11.3 Å². The smallest absolute Gasteiger partial charge is 0.326 e. The topological polar surface area (TPSA) is 81.3 Å². The highest BCUT2D eigenvalue weighted by molar-refractivity contribution is 6.31. The van der Waals surface area contributed by atoms with Gasteiger partial charge in [0.2, 0.25) is 5.91 Å². The van der Waals surface area contributed by atoms with Gasteiger partial charge in [0, 0.05) is 33.8 Å². The molecule has 35 heavy (non-hydrogen) atoms. The summed E-state index contributed by atoms with van der Waals surface area (Å²) in [6.07, 6.45) is 1.66. The molecule has 174 valence electrons. The molecule has 5 rings (SSSR count). The Labute approximate surface area is 210 Å². The molecule has 2 heterocycles. The van der Waals surface area contributed by atoms with Crippen LogP contribution in [-0.4, -0.2) is 25.3 Å². The molecule has 1 N–H and O–H groups in total. The highest BCUT2D eigenvalue weighted by atomic mass is 35.5. The summed E-state index contributed by atoms with van der Waals surface area (Å²) in [5.41, 5.74) is 4.93. The molecule has 9 heteroatoms. The third-order valence-electron chi connectivity index (χ3n) is 5.51. The summed E-state index contributed by atoms with van der Waals surface area (Å²) in [4.78, 5) is 24.4. The first-order chi connectivity index (χ1) is 16.9. The predicted octanol–water partition coefficient (Wildman–Crippen LogP) is 5.54. The van der Waals surface area contributed by atoms with E-state index in [0.29, 0.717) is 21.4 Å². The molecule has 0 aliphatic heterocycles. The molecule has 1 amide bonds. The van der Waals surface area contributed by atoms with Gasteiger partial charge in [0.15, 0.2) is 5.65 Å². The maximum Gasteiger partial charge on any atom is 0.367 e. The minimum Gasteiger partial charge on any atom is -0.326 e. The van der Waals surface area contributed by atoms with Crippen LogP contribution >= 0.6 is 23.2 Å². The van der Waals surface area contributed by atoms with E-state index < -0.39 is 0 Å². The zero-order chi connectivity index (χ0) is 24.5. The summed E-state index contributed by atoms with van der Waals surface area (Å²) in [6, 6.07) is 22.1. The average Bonchev–Trinajstić information content (AvgIpc) is 3.16. The number of aromatic nitrogens is 4.